The number of hydrogen-bond donors (Lipinski definition) is 3. The molecule has 3 N–H and O–H groups in total. The standard InChI is InChI=1S/C29H41NO9/c1-14-10-15(2)29-13-20(22(33)11-19(29)12-23(36-6)28(35)37-24(14)18(5)32)26(39-29)25(16(3)17(4)31)38-27(34)21-8-7-9-30-21/h7-10,14,16-20,23-26,30-32H,11-13H2,1-6H3/b15-10+/t14-,16-,17+,18-,19-,20+,23+,24+,25-,26-,29+/m1/s1. The van der Waals surface area contributed by atoms with Gasteiger partial charge in [-0.25, -0.2) is 9.59 Å². The van der Waals surface area contributed by atoms with Gasteiger partial charge in [-0.3, -0.25) is 4.79 Å². The van der Waals surface area contributed by atoms with Gasteiger partial charge in [0, 0.05) is 37.5 Å². The van der Waals surface area contributed by atoms with Crippen LogP contribution in [0, 0.1) is 23.7 Å². The predicted octanol–water partition coefficient (Wildman–Crippen LogP) is 2.58. The molecule has 39 heavy (non-hydrogen) atoms. The van der Waals surface area contributed by atoms with Crippen LogP contribution in [-0.2, 0) is 28.5 Å². The molecule has 0 aromatic carbocycles. The molecule has 0 unspecified atom stereocenters. The molecule has 1 aromatic rings. The Labute approximate surface area is 229 Å². The van der Waals surface area contributed by atoms with Gasteiger partial charge in [0.2, 0.25) is 0 Å². The molecule has 2 aliphatic heterocycles. The summed E-state index contributed by atoms with van der Waals surface area (Å²) in [4.78, 5) is 42.4. The number of aliphatic hydroxyl groups excluding tert-OH is 2. The number of aromatic nitrogens is 1. The van der Waals surface area contributed by atoms with Gasteiger partial charge in [0.15, 0.2) is 6.10 Å². The average Bonchev–Trinajstić information content (AvgIpc) is 3.54. The first-order valence-electron chi connectivity index (χ1n) is 13.7. The highest BCUT2D eigenvalue weighted by Gasteiger charge is 2.62. The van der Waals surface area contributed by atoms with Gasteiger partial charge in [-0.1, -0.05) is 19.9 Å². The lowest BCUT2D eigenvalue weighted by molar-refractivity contribution is -0.173. The molecular weight excluding hydrogens is 506 g/mol. The minimum absolute atomic E-state index is 0.0418. The van der Waals surface area contributed by atoms with Crippen molar-refractivity contribution in [2.45, 2.75) is 96.1 Å². The summed E-state index contributed by atoms with van der Waals surface area (Å²) in [5, 5.41) is 20.9. The Morgan fingerprint density at radius 3 is 2.51 bits per heavy atom. The third kappa shape index (κ3) is 5.57. The van der Waals surface area contributed by atoms with Gasteiger partial charge in [0.1, 0.15) is 29.8 Å². The van der Waals surface area contributed by atoms with E-state index in [1.165, 1.54) is 7.11 Å². The summed E-state index contributed by atoms with van der Waals surface area (Å²) in [7, 11) is 1.42. The van der Waals surface area contributed by atoms with Crippen LogP contribution in [0.3, 0.4) is 0 Å². The number of carbonyl (C=O) groups is 3. The Hall–Kier alpha value is -2.53. The molecule has 0 amide bonds. The summed E-state index contributed by atoms with van der Waals surface area (Å²) in [6, 6.07) is 3.28. The third-order valence-corrected chi connectivity index (χ3v) is 8.92. The number of aliphatic hydroxyl groups is 2. The van der Waals surface area contributed by atoms with E-state index >= 15 is 0 Å². The van der Waals surface area contributed by atoms with E-state index in [1.807, 2.05) is 19.9 Å². The molecule has 0 radical (unpaired) electrons. The van der Waals surface area contributed by atoms with E-state index in [9.17, 15) is 24.6 Å². The lowest BCUT2D eigenvalue weighted by atomic mass is 9.65. The Morgan fingerprint density at radius 1 is 1.21 bits per heavy atom. The summed E-state index contributed by atoms with van der Waals surface area (Å²) in [5.74, 6) is -3.07. The van der Waals surface area contributed by atoms with Crippen molar-refractivity contribution in [1.82, 2.24) is 4.98 Å². The molecular formula is C29H41NO9. The maximum absolute atomic E-state index is 13.6. The van der Waals surface area contributed by atoms with Gasteiger partial charge in [-0.05, 0) is 51.3 Å². The monoisotopic (exact) mass is 547 g/mol. The van der Waals surface area contributed by atoms with Crippen molar-refractivity contribution in [3.63, 3.8) is 0 Å². The highest BCUT2D eigenvalue weighted by Crippen LogP contribution is 2.54. The first kappa shape index (κ1) is 29.5. The Morgan fingerprint density at radius 2 is 1.92 bits per heavy atom. The van der Waals surface area contributed by atoms with Crippen LogP contribution in [0.1, 0.15) is 64.4 Å². The van der Waals surface area contributed by atoms with E-state index < -0.39 is 71.9 Å². The first-order valence-corrected chi connectivity index (χ1v) is 13.7. The third-order valence-electron chi connectivity index (χ3n) is 8.92. The number of nitrogens with one attached hydrogen (secondary N) is 1. The van der Waals surface area contributed by atoms with Crippen molar-refractivity contribution in [2.75, 3.05) is 7.11 Å². The molecule has 1 aliphatic carbocycles. The Kier molecular flexibility index (Phi) is 8.70. The average molecular weight is 548 g/mol. The molecule has 2 bridgehead atoms. The molecule has 4 rings (SSSR count). The highest BCUT2D eigenvalue weighted by atomic mass is 16.6. The molecule has 1 saturated carbocycles. The second-order valence-electron chi connectivity index (χ2n) is 11.5. The van der Waals surface area contributed by atoms with Crippen LogP contribution in [0.4, 0.5) is 0 Å². The van der Waals surface area contributed by atoms with Gasteiger partial charge >= 0.3 is 11.9 Å². The number of ether oxygens (including phenoxy) is 4. The van der Waals surface area contributed by atoms with Crippen molar-refractivity contribution in [1.29, 1.82) is 0 Å². The van der Waals surface area contributed by atoms with Crippen LogP contribution >= 0.6 is 0 Å². The van der Waals surface area contributed by atoms with E-state index in [0.717, 1.165) is 5.57 Å². The van der Waals surface area contributed by atoms with Crippen molar-refractivity contribution in [3.05, 3.63) is 35.7 Å². The number of methoxy groups -OCH3 is 1. The maximum Gasteiger partial charge on any atom is 0.355 e. The first-order chi connectivity index (χ1) is 18.4. The lowest BCUT2D eigenvalue weighted by Gasteiger charge is -2.43. The van der Waals surface area contributed by atoms with Gasteiger partial charge in [-0.2, -0.15) is 0 Å². The normalized spacial score (nSPS) is 37.5. The molecule has 3 aliphatic rings. The van der Waals surface area contributed by atoms with Crippen LogP contribution < -0.4 is 0 Å². The zero-order valence-corrected chi connectivity index (χ0v) is 23.5. The molecule has 1 spiro atoms. The fraction of sp³-hybridized carbons (Fsp3) is 0.690. The molecule has 2 fully saturated rings. The van der Waals surface area contributed by atoms with Gasteiger partial charge in [-0.15, -0.1) is 0 Å². The van der Waals surface area contributed by atoms with Crippen molar-refractivity contribution < 1.29 is 43.5 Å². The van der Waals surface area contributed by atoms with E-state index in [0.29, 0.717) is 6.42 Å². The minimum atomic E-state index is -0.948. The second-order valence-corrected chi connectivity index (χ2v) is 11.5. The van der Waals surface area contributed by atoms with E-state index in [1.54, 1.807) is 39.1 Å². The number of ketones is 1. The van der Waals surface area contributed by atoms with Crippen LogP contribution in [0.5, 0.6) is 0 Å². The van der Waals surface area contributed by atoms with Crippen molar-refractivity contribution in [3.8, 4) is 0 Å². The number of carbonyl (C=O) groups excluding carboxylic acids is 3. The lowest BCUT2D eigenvalue weighted by Crippen LogP contribution is -2.48. The van der Waals surface area contributed by atoms with Crippen molar-refractivity contribution in [2.24, 2.45) is 23.7 Å². The molecule has 1 saturated heterocycles. The number of Topliss-reactive ketones (excluding diaryl/α,β-unsaturated/α-hetero) is 1. The fourth-order valence-corrected chi connectivity index (χ4v) is 6.51. The quantitative estimate of drug-likeness (QED) is 0.346. The van der Waals surface area contributed by atoms with E-state index in [4.69, 9.17) is 18.9 Å². The second kappa shape index (κ2) is 11.5. The summed E-state index contributed by atoms with van der Waals surface area (Å²) < 4.78 is 24.0. The number of fused-ring (bicyclic) bond motifs is 1. The summed E-state index contributed by atoms with van der Waals surface area (Å²) >= 11 is 0. The summed E-state index contributed by atoms with van der Waals surface area (Å²) in [6.45, 7) is 8.75. The van der Waals surface area contributed by atoms with Gasteiger partial charge in [0.05, 0.1) is 23.7 Å². The minimum Gasteiger partial charge on any atom is -0.457 e. The van der Waals surface area contributed by atoms with Crippen LogP contribution in [0.25, 0.3) is 0 Å². The van der Waals surface area contributed by atoms with E-state index in [-0.39, 0.29) is 30.2 Å². The smallest absolute Gasteiger partial charge is 0.355 e. The van der Waals surface area contributed by atoms with Crippen LogP contribution in [0.15, 0.2) is 30.0 Å². The zero-order valence-electron chi connectivity index (χ0n) is 23.5. The molecule has 1 aromatic heterocycles. The number of hydrogen-bond acceptors (Lipinski definition) is 9. The maximum atomic E-state index is 13.6. The molecule has 10 nitrogen and oxygen atoms in total. The predicted molar refractivity (Wildman–Crippen MR) is 140 cm³/mol. The highest BCUT2D eigenvalue weighted by molar-refractivity contribution is 5.88. The van der Waals surface area contributed by atoms with Gasteiger partial charge in [0.25, 0.3) is 0 Å². The summed E-state index contributed by atoms with van der Waals surface area (Å²) in [6.07, 6.45) is -0.934. The van der Waals surface area contributed by atoms with E-state index in [2.05, 4.69) is 4.98 Å². The molecule has 10 heteroatoms. The largest absolute Gasteiger partial charge is 0.457 e. The Balaban J connectivity index is 1.76. The van der Waals surface area contributed by atoms with Crippen molar-refractivity contribution >= 4 is 17.7 Å². The number of esters is 2. The molecule has 3 heterocycles. The fourth-order valence-electron chi connectivity index (χ4n) is 6.51. The SMILES string of the molecule is CO[C@H]1C[C@H]2CC(=O)[C@@H]3C[C@]2(O[C@H]3[C@H](OC(=O)c2ccc[nH]2)[C@H](C)[C@H](C)O)/C(C)=C/[C@@H](C)[C@@H]([C@@H](C)O)OC1=O. The summed E-state index contributed by atoms with van der Waals surface area (Å²) in [5.41, 5.74) is 0.193. The molecule has 11 atom stereocenters. The van der Waals surface area contributed by atoms with Crippen LogP contribution in [-0.4, -0.2) is 82.3 Å². The van der Waals surface area contributed by atoms with Gasteiger partial charge < -0.3 is 34.1 Å². The number of cyclic esters (lactones) is 1. The number of H-pyrrole nitrogens is 1. The topological polar surface area (TPSA) is 144 Å². The van der Waals surface area contributed by atoms with Crippen LogP contribution in [0.2, 0.25) is 0 Å². The Bertz CT molecular complexity index is 1080. The number of aromatic amines is 1. The number of rotatable bonds is 7. The molecule has 216 valence electrons. The zero-order chi connectivity index (χ0) is 28.6.